The van der Waals surface area contributed by atoms with Crippen molar-refractivity contribution in [1.82, 2.24) is 0 Å². The van der Waals surface area contributed by atoms with E-state index in [0.717, 1.165) is 16.8 Å². The van der Waals surface area contributed by atoms with E-state index in [2.05, 4.69) is 0 Å². The van der Waals surface area contributed by atoms with E-state index >= 15 is 0 Å². The number of carbonyl (C=O) groups excluding carboxylic acids is 1. The Bertz CT molecular complexity index is 494. The minimum absolute atomic E-state index is 0.0833. The molecule has 4 heteroatoms. The maximum Gasteiger partial charge on any atom is 0.392 e. The molecule has 0 bridgehead atoms. The van der Waals surface area contributed by atoms with Crippen LogP contribution >= 0.6 is 0 Å². The number of carboxylic acids is 1. The van der Waals surface area contributed by atoms with Gasteiger partial charge in [-0.2, -0.15) is 4.58 Å². The van der Waals surface area contributed by atoms with Gasteiger partial charge < -0.3 is 14.6 Å². The van der Waals surface area contributed by atoms with E-state index < -0.39 is 5.97 Å². The quantitative estimate of drug-likeness (QED) is 0.696. The second kappa shape index (κ2) is 4.20. The molecular formula is C13H15NO3. The van der Waals surface area contributed by atoms with E-state index in [1.54, 1.807) is 4.58 Å². The fraction of sp³-hybridized carbons (Fsp3) is 0.385. The van der Waals surface area contributed by atoms with Crippen molar-refractivity contribution in [3.63, 3.8) is 0 Å². The Morgan fingerprint density at radius 3 is 2.41 bits per heavy atom. The lowest BCUT2D eigenvalue weighted by Gasteiger charge is -2.07. The number of rotatable bonds is 2. The number of benzene rings is 1. The van der Waals surface area contributed by atoms with Crippen LogP contribution < -0.4 is 5.11 Å². The van der Waals surface area contributed by atoms with Crippen LogP contribution in [0, 0.1) is 20.8 Å². The molecule has 1 aliphatic heterocycles. The Kier molecular flexibility index (Phi) is 2.88. The molecule has 0 unspecified atom stereocenters. The molecule has 17 heavy (non-hydrogen) atoms. The number of hydrogen-bond acceptors (Lipinski definition) is 3. The zero-order valence-corrected chi connectivity index (χ0v) is 10.2. The SMILES string of the molecule is Cc1cc(C)c([N+]2=C(C(=O)[O-])OCC2)c(C)c1. The summed E-state index contributed by atoms with van der Waals surface area (Å²) in [7, 11) is 0. The molecule has 90 valence electrons. The third kappa shape index (κ3) is 2.02. The van der Waals surface area contributed by atoms with E-state index in [9.17, 15) is 9.90 Å². The van der Waals surface area contributed by atoms with Gasteiger partial charge in [-0.05, 0) is 32.9 Å². The summed E-state index contributed by atoms with van der Waals surface area (Å²) in [5.74, 6) is -1.35. The van der Waals surface area contributed by atoms with Gasteiger partial charge in [0.15, 0.2) is 19.1 Å². The highest BCUT2D eigenvalue weighted by molar-refractivity contribution is 6.28. The van der Waals surface area contributed by atoms with Crippen molar-refractivity contribution < 1.29 is 19.2 Å². The summed E-state index contributed by atoms with van der Waals surface area (Å²) in [6.07, 6.45) is 0. The predicted octanol–water partition coefficient (Wildman–Crippen LogP) is 0.434. The first-order valence-corrected chi connectivity index (χ1v) is 5.57. The van der Waals surface area contributed by atoms with Gasteiger partial charge in [0.1, 0.15) is 0 Å². The number of hydrogen-bond donors (Lipinski definition) is 0. The molecule has 0 radical (unpaired) electrons. The average Bonchev–Trinajstić information content (AvgIpc) is 2.64. The number of carboxylic acid groups (broad SMARTS) is 1. The summed E-state index contributed by atoms with van der Waals surface area (Å²) in [4.78, 5) is 11.0. The number of ether oxygens (including phenoxy) is 1. The molecule has 1 heterocycles. The summed E-state index contributed by atoms with van der Waals surface area (Å²) in [6.45, 7) is 6.90. The Morgan fingerprint density at radius 1 is 1.29 bits per heavy atom. The van der Waals surface area contributed by atoms with Crippen LogP contribution in [-0.4, -0.2) is 29.6 Å². The van der Waals surface area contributed by atoms with Gasteiger partial charge >= 0.3 is 5.90 Å². The normalized spacial score (nSPS) is 15.0. The largest absolute Gasteiger partial charge is 0.537 e. The van der Waals surface area contributed by atoms with Gasteiger partial charge in [-0.25, -0.2) is 0 Å². The molecule has 0 aromatic heterocycles. The van der Waals surface area contributed by atoms with Gasteiger partial charge in [0.05, 0.1) is 0 Å². The topological polar surface area (TPSA) is 52.4 Å². The van der Waals surface area contributed by atoms with E-state index in [-0.39, 0.29) is 5.90 Å². The second-order valence-corrected chi connectivity index (χ2v) is 4.34. The van der Waals surface area contributed by atoms with Crippen molar-refractivity contribution in [3.8, 4) is 0 Å². The fourth-order valence-corrected chi connectivity index (χ4v) is 2.39. The molecule has 0 atom stereocenters. The molecule has 1 aliphatic rings. The summed E-state index contributed by atoms with van der Waals surface area (Å²) < 4.78 is 6.78. The third-order valence-corrected chi connectivity index (χ3v) is 2.88. The number of aryl methyl sites for hydroxylation is 3. The molecule has 1 aromatic rings. The zero-order chi connectivity index (χ0) is 12.6. The van der Waals surface area contributed by atoms with E-state index in [1.165, 1.54) is 5.56 Å². The zero-order valence-electron chi connectivity index (χ0n) is 10.2. The molecule has 0 fully saturated rings. The average molecular weight is 233 g/mol. The maximum absolute atomic E-state index is 11.0. The van der Waals surface area contributed by atoms with Crippen LogP contribution in [0.2, 0.25) is 0 Å². The Hall–Kier alpha value is -1.84. The van der Waals surface area contributed by atoms with Crippen molar-refractivity contribution in [1.29, 1.82) is 0 Å². The standard InChI is InChI=1S/C13H15NO3/c1-8-6-9(2)11(10(3)7-8)14-4-5-17-12(14)13(15)16/h6-7H,4-5H2,1-3H3. The van der Waals surface area contributed by atoms with E-state index in [1.807, 2.05) is 32.9 Å². The first-order valence-electron chi connectivity index (χ1n) is 5.57. The molecule has 0 spiro atoms. The van der Waals surface area contributed by atoms with Crippen LogP contribution in [0.4, 0.5) is 5.69 Å². The van der Waals surface area contributed by atoms with Crippen LogP contribution in [-0.2, 0) is 9.53 Å². The summed E-state index contributed by atoms with van der Waals surface area (Å²) >= 11 is 0. The molecule has 0 aliphatic carbocycles. The highest BCUT2D eigenvalue weighted by Crippen LogP contribution is 2.26. The van der Waals surface area contributed by atoms with Crippen molar-refractivity contribution in [2.45, 2.75) is 20.8 Å². The van der Waals surface area contributed by atoms with Gasteiger partial charge in [0.2, 0.25) is 5.69 Å². The highest BCUT2D eigenvalue weighted by Gasteiger charge is 2.29. The molecular weight excluding hydrogens is 218 g/mol. The minimum Gasteiger partial charge on any atom is -0.537 e. The molecule has 0 saturated heterocycles. The Labute approximate surface area is 100 Å². The molecule has 4 nitrogen and oxygen atoms in total. The van der Waals surface area contributed by atoms with Crippen LogP contribution in [0.1, 0.15) is 16.7 Å². The first-order chi connectivity index (χ1) is 8.00. The van der Waals surface area contributed by atoms with Crippen LogP contribution in [0.25, 0.3) is 0 Å². The van der Waals surface area contributed by atoms with Gasteiger partial charge in [-0.15, -0.1) is 0 Å². The van der Waals surface area contributed by atoms with Gasteiger partial charge in [-0.3, -0.25) is 0 Å². The number of aliphatic carboxylic acids is 1. The Morgan fingerprint density at radius 2 is 1.88 bits per heavy atom. The monoisotopic (exact) mass is 233 g/mol. The van der Waals surface area contributed by atoms with Crippen molar-refractivity contribution >= 4 is 17.6 Å². The lowest BCUT2D eigenvalue weighted by atomic mass is 10.0. The molecule has 1 aromatic carbocycles. The second-order valence-electron chi connectivity index (χ2n) is 4.34. The molecule has 0 saturated carbocycles. The fourth-order valence-electron chi connectivity index (χ4n) is 2.39. The van der Waals surface area contributed by atoms with Crippen LogP contribution in [0.5, 0.6) is 0 Å². The summed E-state index contributed by atoms with van der Waals surface area (Å²) in [5, 5.41) is 11.0. The Balaban J connectivity index is 2.62. The first kappa shape index (κ1) is 11.6. The molecule has 2 rings (SSSR count). The smallest absolute Gasteiger partial charge is 0.392 e. The van der Waals surface area contributed by atoms with Gasteiger partial charge in [-0.1, -0.05) is 5.56 Å². The van der Waals surface area contributed by atoms with Crippen molar-refractivity contribution in [2.75, 3.05) is 13.2 Å². The highest BCUT2D eigenvalue weighted by atomic mass is 16.5. The number of nitrogens with zero attached hydrogens (tertiary/aromatic N) is 1. The summed E-state index contributed by atoms with van der Waals surface area (Å²) in [5.41, 5.74) is 4.17. The van der Waals surface area contributed by atoms with E-state index in [0.29, 0.717) is 13.2 Å². The third-order valence-electron chi connectivity index (χ3n) is 2.88. The molecule has 0 N–H and O–H groups in total. The number of carbonyl (C=O) groups is 1. The van der Waals surface area contributed by atoms with Crippen LogP contribution in [0.15, 0.2) is 12.1 Å². The minimum atomic E-state index is -1.26. The maximum atomic E-state index is 11.0. The predicted molar refractivity (Wildman–Crippen MR) is 61.4 cm³/mol. The van der Waals surface area contributed by atoms with Gasteiger partial charge in [0, 0.05) is 11.1 Å². The van der Waals surface area contributed by atoms with E-state index in [4.69, 9.17) is 4.74 Å². The van der Waals surface area contributed by atoms with Crippen LogP contribution in [0.3, 0.4) is 0 Å². The lowest BCUT2D eigenvalue weighted by Crippen LogP contribution is -2.35. The van der Waals surface area contributed by atoms with Gasteiger partial charge in [0.25, 0.3) is 0 Å². The summed E-state index contributed by atoms with van der Waals surface area (Å²) in [6, 6.07) is 4.07. The van der Waals surface area contributed by atoms with Crippen molar-refractivity contribution in [2.24, 2.45) is 0 Å². The molecule has 0 amide bonds. The lowest BCUT2D eigenvalue weighted by molar-refractivity contribution is -0.433. The van der Waals surface area contributed by atoms with Crippen molar-refractivity contribution in [3.05, 3.63) is 28.8 Å².